The minimum absolute atomic E-state index is 0.0322. The van der Waals surface area contributed by atoms with Crippen LogP contribution in [0.25, 0.3) is 34.4 Å². The number of halogens is 6. The molecule has 188 valence electrons. The van der Waals surface area contributed by atoms with Crippen LogP contribution in [0.4, 0.5) is 26.3 Å². The van der Waals surface area contributed by atoms with Crippen LogP contribution in [0.3, 0.4) is 0 Å². The Bertz CT molecular complexity index is 1560. The van der Waals surface area contributed by atoms with E-state index in [-0.39, 0.29) is 33.1 Å². The van der Waals surface area contributed by atoms with Gasteiger partial charge in [-0.1, -0.05) is 23.4 Å². The molecule has 0 aliphatic heterocycles. The molecule has 0 unspecified atom stereocenters. The van der Waals surface area contributed by atoms with E-state index in [1.54, 1.807) is 0 Å². The SMILES string of the molecule is Cc1cc(-c2cc(C(F)(F)F)nc(-c3nc(-c4cccc(S(N)(=O)=O)c4)no3)n2)ccc1C(F)(F)F. The zero-order valence-electron chi connectivity index (χ0n) is 17.9. The number of nitrogens with two attached hydrogens (primary N) is 1. The van der Waals surface area contributed by atoms with Crippen LogP contribution in [0.1, 0.15) is 16.8 Å². The number of alkyl halides is 6. The zero-order valence-corrected chi connectivity index (χ0v) is 18.7. The Morgan fingerprint density at radius 3 is 2.17 bits per heavy atom. The van der Waals surface area contributed by atoms with Gasteiger partial charge in [0.05, 0.1) is 16.2 Å². The summed E-state index contributed by atoms with van der Waals surface area (Å²) >= 11 is 0. The molecule has 2 aromatic heterocycles. The Balaban J connectivity index is 1.81. The second-order valence-electron chi connectivity index (χ2n) is 7.48. The number of nitrogens with zero attached hydrogens (tertiary/aromatic N) is 4. The highest BCUT2D eigenvalue weighted by Gasteiger charge is 2.35. The number of hydrogen-bond donors (Lipinski definition) is 1. The zero-order chi connectivity index (χ0) is 26.5. The molecule has 0 fully saturated rings. The Morgan fingerprint density at radius 2 is 1.56 bits per heavy atom. The van der Waals surface area contributed by atoms with Gasteiger partial charge in [-0.05, 0) is 42.8 Å². The molecule has 2 aromatic carbocycles. The van der Waals surface area contributed by atoms with Crippen LogP contribution in [0, 0.1) is 6.92 Å². The van der Waals surface area contributed by atoms with Crippen molar-refractivity contribution in [2.75, 3.05) is 0 Å². The summed E-state index contributed by atoms with van der Waals surface area (Å²) in [7, 11) is -4.06. The number of sulfonamides is 1. The molecule has 0 amide bonds. The first-order valence-corrected chi connectivity index (χ1v) is 11.3. The predicted octanol–water partition coefficient (Wildman–Crippen LogP) is 4.85. The van der Waals surface area contributed by atoms with Gasteiger partial charge in [0.15, 0.2) is 0 Å². The molecule has 15 heteroatoms. The number of rotatable bonds is 4. The Morgan fingerprint density at radius 1 is 0.833 bits per heavy atom. The lowest BCUT2D eigenvalue weighted by Gasteiger charge is -2.13. The number of hydrogen-bond acceptors (Lipinski definition) is 7. The molecule has 0 atom stereocenters. The average Bonchev–Trinajstić information content (AvgIpc) is 3.27. The van der Waals surface area contributed by atoms with E-state index in [4.69, 9.17) is 9.66 Å². The van der Waals surface area contributed by atoms with Crippen molar-refractivity contribution in [1.29, 1.82) is 0 Å². The highest BCUT2D eigenvalue weighted by molar-refractivity contribution is 7.89. The molecule has 2 heterocycles. The van der Waals surface area contributed by atoms with E-state index in [0.717, 1.165) is 24.3 Å². The van der Waals surface area contributed by atoms with Gasteiger partial charge >= 0.3 is 12.4 Å². The van der Waals surface area contributed by atoms with Crippen molar-refractivity contribution in [1.82, 2.24) is 20.1 Å². The van der Waals surface area contributed by atoms with Gasteiger partial charge in [0.1, 0.15) is 5.69 Å². The average molecular weight is 529 g/mol. The fourth-order valence-electron chi connectivity index (χ4n) is 3.22. The summed E-state index contributed by atoms with van der Waals surface area (Å²) in [5.74, 6) is -1.37. The van der Waals surface area contributed by atoms with Gasteiger partial charge in [-0.2, -0.15) is 31.3 Å². The van der Waals surface area contributed by atoms with E-state index in [1.165, 1.54) is 25.1 Å². The third-order valence-electron chi connectivity index (χ3n) is 4.88. The van der Waals surface area contributed by atoms with Gasteiger partial charge in [-0.25, -0.2) is 23.5 Å². The van der Waals surface area contributed by atoms with E-state index in [9.17, 15) is 34.8 Å². The number of benzene rings is 2. The standard InChI is InChI=1S/C21H13F6N5O3S/c1-10-7-11(5-6-14(10)20(22,23)24)15-9-16(21(25,26)27)30-18(29-15)19-31-17(32-35-19)12-3-2-4-13(8-12)36(28,33)34/h2-9H,1H3,(H2,28,33,34). The molecule has 0 radical (unpaired) electrons. The van der Waals surface area contributed by atoms with Crippen molar-refractivity contribution >= 4 is 10.0 Å². The first-order valence-electron chi connectivity index (χ1n) is 9.75. The predicted molar refractivity (Wildman–Crippen MR) is 112 cm³/mol. The first-order chi connectivity index (χ1) is 16.6. The summed E-state index contributed by atoms with van der Waals surface area (Å²) in [6.07, 6.45) is -9.57. The van der Waals surface area contributed by atoms with Gasteiger partial charge in [-0.15, -0.1) is 0 Å². The van der Waals surface area contributed by atoms with Crippen LogP contribution in [0.5, 0.6) is 0 Å². The Hall–Kier alpha value is -3.85. The fourth-order valence-corrected chi connectivity index (χ4v) is 3.78. The van der Waals surface area contributed by atoms with Crippen molar-refractivity contribution < 1.29 is 39.3 Å². The molecule has 0 saturated heterocycles. The third kappa shape index (κ3) is 5.21. The minimum Gasteiger partial charge on any atom is -0.330 e. The van der Waals surface area contributed by atoms with Crippen molar-refractivity contribution in [2.24, 2.45) is 5.14 Å². The molecule has 0 bridgehead atoms. The molecule has 4 aromatic rings. The summed E-state index contributed by atoms with van der Waals surface area (Å²) in [6, 6.07) is 8.46. The smallest absolute Gasteiger partial charge is 0.330 e. The van der Waals surface area contributed by atoms with E-state index >= 15 is 0 Å². The maximum Gasteiger partial charge on any atom is 0.433 e. The van der Waals surface area contributed by atoms with Crippen LogP contribution >= 0.6 is 0 Å². The quantitative estimate of drug-likeness (QED) is 0.375. The molecule has 4 rings (SSSR count). The molecular formula is C21H13F6N5O3S. The van der Waals surface area contributed by atoms with Crippen LogP contribution in [-0.2, 0) is 22.4 Å². The Labute approximate surface area is 198 Å². The number of aromatic nitrogens is 4. The topological polar surface area (TPSA) is 125 Å². The largest absolute Gasteiger partial charge is 0.433 e. The van der Waals surface area contributed by atoms with Gasteiger partial charge in [-0.3, -0.25) is 0 Å². The monoisotopic (exact) mass is 529 g/mol. The third-order valence-corrected chi connectivity index (χ3v) is 5.79. The van der Waals surface area contributed by atoms with E-state index in [2.05, 4.69) is 20.1 Å². The van der Waals surface area contributed by atoms with Crippen molar-refractivity contribution in [3.8, 4) is 34.4 Å². The van der Waals surface area contributed by atoms with E-state index in [1.807, 2.05) is 0 Å². The van der Waals surface area contributed by atoms with E-state index < -0.39 is 45.3 Å². The lowest BCUT2D eigenvalue weighted by atomic mass is 10.0. The second-order valence-corrected chi connectivity index (χ2v) is 9.04. The molecule has 8 nitrogen and oxygen atoms in total. The minimum atomic E-state index is -4.93. The molecular weight excluding hydrogens is 516 g/mol. The van der Waals surface area contributed by atoms with Crippen LogP contribution in [-0.4, -0.2) is 28.5 Å². The van der Waals surface area contributed by atoms with Gasteiger partial charge in [0.2, 0.25) is 21.7 Å². The molecule has 0 saturated carbocycles. The van der Waals surface area contributed by atoms with Gasteiger partial charge in [0, 0.05) is 11.1 Å². The van der Waals surface area contributed by atoms with Gasteiger partial charge < -0.3 is 4.52 Å². The van der Waals surface area contributed by atoms with E-state index in [0.29, 0.717) is 6.07 Å². The molecule has 2 N–H and O–H groups in total. The maximum absolute atomic E-state index is 13.5. The fraction of sp³-hybridized carbons (Fsp3) is 0.143. The van der Waals surface area contributed by atoms with Crippen molar-refractivity contribution in [3.63, 3.8) is 0 Å². The lowest BCUT2D eigenvalue weighted by molar-refractivity contribution is -0.141. The summed E-state index contributed by atoms with van der Waals surface area (Å²) in [4.78, 5) is 11.1. The molecule has 0 aliphatic rings. The van der Waals surface area contributed by atoms with Gasteiger partial charge in [0.25, 0.3) is 5.89 Å². The maximum atomic E-state index is 13.5. The summed E-state index contributed by atoms with van der Waals surface area (Å²) in [6.45, 7) is 1.17. The summed E-state index contributed by atoms with van der Waals surface area (Å²) in [5, 5.41) is 8.72. The second kappa shape index (κ2) is 8.67. The number of aryl methyl sites for hydroxylation is 1. The van der Waals surface area contributed by atoms with Crippen molar-refractivity contribution in [3.05, 3.63) is 65.4 Å². The highest BCUT2D eigenvalue weighted by atomic mass is 32.2. The van der Waals surface area contributed by atoms with Crippen molar-refractivity contribution in [2.45, 2.75) is 24.2 Å². The normalized spacial score (nSPS) is 12.7. The highest BCUT2D eigenvalue weighted by Crippen LogP contribution is 2.36. The van der Waals surface area contributed by atoms with Crippen LogP contribution in [0.2, 0.25) is 0 Å². The molecule has 36 heavy (non-hydrogen) atoms. The molecule has 0 spiro atoms. The number of primary sulfonamides is 1. The Kier molecular flexibility index (Phi) is 6.08. The summed E-state index contributed by atoms with van der Waals surface area (Å²) in [5.41, 5.74) is -2.79. The lowest BCUT2D eigenvalue weighted by Crippen LogP contribution is -2.12. The van der Waals surface area contributed by atoms with Crippen LogP contribution in [0.15, 0.2) is 57.9 Å². The molecule has 0 aliphatic carbocycles. The van der Waals surface area contributed by atoms with Crippen LogP contribution < -0.4 is 5.14 Å². The summed E-state index contributed by atoms with van der Waals surface area (Å²) < 4.78 is 108. The first kappa shape index (κ1) is 25.2.